The van der Waals surface area contributed by atoms with Crippen molar-refractivity contribution in [2.24, 2.45) is 11.8 Å². The molecule has 5 heteroatoms. The summed E-state index contributed by atoms with van der Waals surface area (Å²) in [5.74, 6) is -1.35. The van der Waals surface area contributed by atoms with Gasteiger partial charge in [0.1, 0.15) is 0 Å². The molecule has 2 rings (SSSR count). The Morgan fingerprint density at radius 3 is 2.48 bits per heavy atom. The first kappa shape index (κ1) is 16.0. The van der Waals surface area contributed by atoms with Crippen LogP contribution in [0.4, 0.5) is 0 Å². The summed E-state index contributed by atoms with van der Waals surface area (Å²) in [6.45, 7) is 3.29. The van der Waals surface area contributed by atoms with E-state index in [-0.39, 0.29) is 18.4 Å². The van der Waals surface area contributed by atoms with E-state index in [1.54, 1.807) is 0 Å². The van der Waals surface area contributed by atoms with Crippen LogP contribution >= 0.6 is 0 Å². The molecular weight excluding hydrogens is 270 g/mol. The predicted molar refractivity (Wildman–Crippen MR) is 78.8 cm³/mol. The summed E-state index contributed by atoms with van der Waals surface area (Å²) < 4.78 is 5.27. The van der Waals surface area contributed by atoms with Gasteiger partial charge in [-0.2, -0.15) is 0 Å². The lowest BCUT2D eigenvalue weighted by Gasteiger charge is -2.27. The summed E-state index contributed by atoms with van der Waals surface area (Å²) in [4.78, 5) is 23.6. The van der Waals surface area contributed by atoms with E-state index >= 15 is 0 Å². The summed E-state index contributed by atoms with van der Waals surface area (Å²) in [7, 11) is 0. The highest BCUT2D eigenvalue weighted by Gasteiger charge is 2.30. The Balaban J connectivity index is 1.90. The maximum absolute atomic E-state index is 12.2. The van der Waals surface area contributed by atoms with Gasteiger partial charge in [0.15, 0.2) is 0 Å². The van der Waals surface area contributed by atoms with Crippen LogP contribution < -0.4 is 5.32 Å². The van der Waals surface area contributed by atoms with Crippen molar-refractivity contribution in [2.45, 2.75) is 45.4 Å². The number of ether oxygens (including phenoxy) is 1. The average molecular weight is 295 g/mol. The second-order valence-electron chi connectivity index (χ2n) is 6.04. The number of amides is 1. The molecule has 0 spiro atoms. The van der Waals surface area contributed by atoms with Crippen molar-refractivity contribution in [2.75, 3.05) is 19.8 Å². The lowest BCUT2D eigenvalue weighted by atomic mass is 9.86. The van der Waals surface area contributed by atoms with Crippen LogP contribution in [0.25, 0.3) is 0 Å². The van der Waals surface area contributed by atoms with Crippen LogP contribution in [0.3, 0.4) is 0 Å². The number of carboxylic acid groups (broad SMARTS) is 1. The first-order valence-electron chi connectivity index (χ1n) is 7.87. The molecule has 0 aromatic heterocycles. The van der Waals surface area contributed by atoms with E-state index in [2.05, 4.69) is 5.32 Å². The maximum atomic E-state index is 12.2. The molecule has 2 N–H and O–H groups in total. The number of aliphatic carboxylic acids is 1. The molecule has 0 radical (unpaired) electrons. The molecule has 5 nitrogen and oxygen atoms in total. The molecule has 118 valence electrons. The van der Waals surface area contributed by atoms with Crippen molar-refractivity contribution in [1.82, 2.24) is 5.32 Å². The number of carboxylic acids is 1. The second kappa shape index (κ2) is 7.59. The smallest absolute Gasteiger partial charge is 0.308 e. The minimum absolute atomic E-state index is 0.0935. The molecule has 1 aliphatic heterocycles. The highest BCUT2D eigenvalue weighted by Crippen LogP contribution is 2.27. The van der Waals surface area contributed by atoms with Gasteiger partial charge in [-0.05, 0) is 51.4 Å². The van der Waals surface area contributed by atoms with Crippen molar-refractivity contribution >= 4 is 11.9 Å². The van der Waals surface area contributed by atoms with Gasteiger partial charge in [-0.3, -0.25) is 9.59 Å². The molecule has 1 unspecified atom stereocenters. The lowest BCUT2D eigenvalue weighted by molar-refractivity contribution is -0.144. The van der Waals surface area contributed by atoms with Crippen molar-refractivity contribution in [3.05, 3.63) is 11.1 Å². The van der Waals surface area contributed by atoms with Gasteiger partial charge in [0.25, 0.3) is 0 Å². The lowest BCUT2D eigenvalue weighted by Crippen LogP contribution is -2.39. The predicted octanol–water partition coefficient (Wildman–Crippen LogP) is 2.12. The zero-order valence-corrected chi connectivity index (χ0v) is 12.7. The number of carbonyl (C=O) groups is 2. The second-order valence-corrected chi connectivity index (χ2v) is 6.04. The van der Waals surface area contributed by atoms with Crippen LogP contribution in [0.15, 0.2) is 11.1 Å². The Kier molecular flexibility index (Phi) is 5.79. The van der Waals surface area contributed by atoms with E-state index in [0.29, 0.717) is 13.2 Å². The van der Waals surface area contributed by atoms with Gasteiger partial charge in [-0.1, -0.05) is 5.57 Å². The monoisotopic (exact) mass is 295 g/mol. The van der Waals surface area contributed by atoms with Gasteiger partial charge in [0.05, 0.1) is 5.92 Å². The minimum atomic E-state index is -0.826. The molecule has 21 heavy (non-hydrogen) atoms. The summed E-state index contributed by atoms with van der Waals surface area (Å²) >= 11 is 0. The largest absolute Gasteiger partial charge is 0.481 e. The third-order valence-corrected chi connectivity index (χ3v) is 4.71. The van der Waals surface area contributed by atoms with E-state index in [1.165, 1.54) is 5.57 Å². The third kappa shape index (κ3) is 4.30. The normalized spacial score (nSPS) is 21.1. The summed E-state index contributed by atoms with van der Waals surface area (Å²) in [6.07, 6.45) is 5.82. The Hall–Kier alpha value is -1.36. The van der Waals surface area contributed by atoms with Gasteiger partial charge >= 0.3 is 5.97 Å². The summed E-state index contributed by atoms with van der Waals surface area (Å²) in [6, 6.07) is 0. The van der Waals surface area contributed by atoms with Gasteiger partial charge in [-0.25, -0.2) is 0 Å². The van der Waals surface area contributed by atoms with Gasteiger partial charge < -0.3 is 15.2 Å². The molecule has 0 aromatic carbocycles. The molecule has 1 aliphatic carbocycles. The summed E-state index contributed by atoms with van der Waals surface area (Å²) in [5.41, 5.74) is 2.01. The topological polar surface area (TPSA) is 75.6 Å². The fourth-order valence-electron chi connectivity index (χ4n) is 3.25. The Bertz CT molecular complexity index is 416. The van der Waals surface area contributed by atoms with E-state index in [0.717, 1.165) is 44.1 Å². The number of allylic oxidation sites excluding steroid dienone is 1. The van der Waals surface area contributed by atoms with Crippen molar-refractivity contribution in [3.8, 4) is 0 Å². The van der Waals surface area contributed by atoms with Crippen LogP contribution in [0.5, 0.6) is 0 Å². The van der Waals surface area contributed by atoms with Crippen molar-refractivity contribution < 1.29 is 19.4 Å². The first-order valence-corrected chi connectivity index (χ1v) is 7.87. The first-order chi connectivity index (χ1) is 10.1. The number of nitrogens with one attached hydrogen (secondary N) is 1. The Labute approximate surface area is 125 Å². The molecule has 2 aliphatic rings. The number of hydrogen-bond donors (Lipinski definition) is 2. The molecule has 1 heterocycles. The van der Waals surface area contributed by atoms with Crippen LogP contribution in [-0.2, 0) is 14.3 Å². The standard InChI is InChI=1S/C16H25NO4/c1-11(12-4-2-3-5-12)15(18)17-10-14(16(19)20)13-6-8-21-9-7-13/h13-14H,2-10H2,1H3,(H,17,18)(H,19,20). The van der Waals surface area contributed by atoms with Crippen LogP contribution in [-0.4, -0.2) is 36.7 Å². The maximum Gasteiger partial charge on any atom is 0.308 e. The van der Waals surface area contributed by atoms with Gasteiger partial charge in [0, 0.05) is 25.3 Å². The van der Waals surface area contributed by atoms with Crippen LogP contribution in [0.1, 0.15) is 45.4 Å². The van der Waals surface area contributed by atoms with Crippen molar-refractivity contribution in [1.29, 1.82) is 0 Å². The van der Waals surface area contributed by atoms with Gasteiger partial charge in [0.2, 0.25) is 5.91 Å². The molecular formula is C16H25NO4. The molecule has 1 saturated heterocycles. The molecule has 2 fully saturated rings. The Morgan fingerprint density at radius 1 is 1.29 bits per heavy atom. The number of rotatable bonds is 5. The molecule has 1 atom stereocenters. The fourth-order valence-corrected chi connectivity index (χ4v) is 3.25. The quantitative estimate of drug-likeness (QED) is 0.762. The molecule has 1 saturated carbocycles. The Morgan fingerprint density at radius 2 is 1.90 bits per heavy atom. The fraction of sp³-hybridized carbons (Fsp3) is 0.750. The average Bonchev–Trinajstić information content (AvgIpc) is 3.01. The van der Waals surface area contributed by atoms with Crippen molar-refractivity contribution in [3.63, 3.8) is 0 Å². The highest BCUT2D eigenvalue weighted by atomic mass is 16.5. The molecule has 0 bridgehead atoms. The minimum Gasteiger partial charge on any atom is -0.481 e. The van der Waals surface area contributed by atoms with Crippen LogP contribution in [0, 0.1) is 11.8 Å². The van der Waals surface area contributed by atoms with E-state index in [4.69, 9.17) is 4.74 Å². The third-order valence-electron chi connectivity index (χ3n) is 4.71. The van der Waals surface area contributed by atoms with Gasteiger partial charge in [-0.15, -0.1) is 0 Å². The van der Waals surface area contributed by atoms with E-state index < -0.39 is 11.9 Å². The van der Waals surface area contributed by atoms with E-state index in [9.17, 15) is 14.7 Å². The zero-order valence-electron chi connectivity index (χ0n) is 12.7. The zero-order chi connectivity index (χ0) is 15.2. The summed E-state index contributed by atoms with van der Waals surface area (Å²) in [5, 5.41) is 12.2. The van der Waals surface area contributed by atoms with E-state index in [1.807, 2.05) is 6.92 Å². The SMILES string of the molecule is CC(C(=O)NCC(C(=O)O)C1CCOCC1)=C1CCCC1. The number of hydrogen-bond acceptors (Lipinski definition) is 3. The molecule has 1 amide bonds. The molecule has 0 aromatic rings. The highest BCUT2D eigenvalue weighted by molar-refractivity contribution is 5.93. The van der Waals surface area contributed by atoms with Crippen LogP contribution in [0.2, 0.25) is 0 Å². The number of carbonyl (C=O) groups excluding carboxylic acids is 1.